The molecule has 2 heterocycles. The molecule has 3 N–H and O–H groups in total. The van der Waals surface area contributed by atoms with Gasteiger partial charge in [-0.3, -0.25) is 19.4 Å². The topological polar surface area (TPSA) is 102 Å². The van der Waals surface area contributed by atoms with E-state index in [-0.39, 0.29) is 24.9 Å². The molecule has 0 radical (unpaired) electrons. The van der Waals surface area contributed by atoms with E-state index in [0.29, 0.717) is 17.9 Å². The second kappa shape index (κ2) is 5.73. The number of para-hydroxylation sites is 1. The minimum atomic E-state index is -0.496. The van der Waals surface area contributed by atoms with Crippen LogP contribution >= 0.6 is 0 Å². The molecule has 23 heavy (non-hydrogen) atoms. The van der Waals surface area contributed by atoms with Crippen molar-refractivity contribution in [2.24, 2.45) is 0 Å². The zero-order chi connectivity index (χ0) is 16.6. The maximum atomic E-state index is 12.2. The molecule has 0 aliphatic carbocycles. The molecule has 0 unspecified atom stereocenters. The van der Waals surface area contributed by atoms with Crippen LogP contribution in [0.2, 0.25) is 0 Å². The van der Waals surface area contributed by atoms with Crippen molar-refractivity contribution in [3.8, 4) is 0 Å². The van der Waals surface area contributed by atoms with E-state index in [1.165, 1.54) is 11.0 Å². The summed E-state index contributed by atoms with van der Waals surface area (Å²) in [5.74, 6) is -0.966. The number of amides is 4. The lowest BCUT2D eigenvalue weighted by Crippen LogP contribution is -2.42. The van der Waals surface area contributed by atoms with Gasteiger partial charge < -0.3 is 15.7 Å². The Hall–Kier alpha value is -2.87. The Morgan fingerprint density at radius 1 is 1.30 bits per heavy atom. The molecular weight excluding hydrogens is 300 g/mol. The number of hydrogen-bond donors (Lipinski definition) is 3. The van der Waals surface area contributed by atoms with E-state index in [0.717, 1.165) is 10.5 Å². The van der Waals surface area contributed by atoms with Gasteiger partial charge in [-0.2, -0.15) is 0 Å². The Morgan fingerprint density at radius 3 is 2.83 bits per heavy atom. The van der Waals surface area contributed by atoms with Gasteiger partial charge in [-0.25, -0.2) is 4.79 Å². The van der Waals surface area contributed by atoms with Crippen molar-refractivity contribution >= 4 is 29.2 Å². The average molecular weight is 316 g/mol. The number of carbonyl (C=O) groups excluding carboxylic acids is 3. The quantitative estimate of drug-likeness (QED) is 0.679. The summed E-state index contributed by atoms with van der Waals surface area (Å²) < 4.78 is 0. The highest BCUT2D eigenvalue weighted by atomic mass is 16.3. The number of rotatable bonds is 4. The predicted octanol–water partition coefficient (Wildman–Crippen LogP) is 0.00290. The standard InChI is InChI=1S/C15H16N4O4/c1-18-13-9(8-16-15(18)23)3-2-4-10(13)17-11-7-12(21)19(5-6-20)14(11)22/h2-4,7,17,20H,5-6,8H2,1H3,(H,16,23). The fourth-order valence-corrected chi connectivity index (χ4v) is 2.68. The number of benzene rings is 1. The Morgan fingerprint density at radius 2 is 2.09 bits per heavy atom. The Balaban J connectivity index is 1.91. The molecule has 120 valence electrons. The van der Waals surface area contributed by atoms with Crippen molar-refractivity contribution in [1.82, 2.24) is 10.2 Å². The second-order valence-corrected chi connectivity index (χ2v) is 5.23. The number of aliphatic hydroxyl groups excluding tert-OH is 1. The summed E-state index contributed by atoms with van der Waals surface area (Å²) in [6.45, 7) is 0.0629. The molecule has 0 saturated carbocycles. The molecule has 0 bridgehead atoms. The highest BCUT2D eigenvalue weighted by molar-refractivity contribution is 6.17. The Kier molecular flexibility index (Phi) is 3.75. The van der Waals surface area contributed by atoms with Crippen LogP contribution in [0.3, 0.4) is 0 Å². The molecule has 0 atom stereocenters. The predicted molar refractivity (Wildman–Crippen MR) is 82.6 cm³/mol. The zero-order valence-electron chi connectivity index (χ0n) is 12.5. The molecule has 2 aliphatic rings. The number of hydrogen-bond acceptors (Lipinski definition) is 5. The number of nitrogens with one attached hydrogen (secondary N) is 2. The van der Waals surface area contributed by atoms with Crippen molar-refractivity contribution in [2.75, 3.05) is 30.4 Å². The van der Waals surface area contributed by atoms with E-state index in [9.17, 15) is 14.4 Å². The number of anilines is 2. The van der Waals surface area contributed by atoms with Crippen molar-refractivity contribution in [3.05, 3.63) is 35.5 Å². The number of urea groups is 1. The van der Waals surface area contributed by atoms with Crippen LogP contribution in [0, 0.1) is 0 Å². The third kappa shape index (κ3) is 2.53. The lowest BCUT2D eigenvalue weighted by Gasteiger charge is -2.29. The molecule has 1 aromatic rings. The lowest BCUT2D eigenvalue weighted by molar-refractivity contribution is -0.137. The van der Waals surface area contributed by atoms with Crippen molar-refractivity contribution in [1.29, 1.82) is 0 Å². The largest absolute Gasteiger partial charge is 0.395 e. The molecule has 8 heteroatoms. The summed E-state index contributed by atoms with van der Waals surface area (Å²) >= 11 is 0. The maximum absolute atomic E-state index is 12.2. The number of imide groups is 1. The number of aliphatic hydroxyl groups is 1. The van der Waals surface area contributed by atoms with E-state index in [1.807, 2.05) is 6.07 Å². The van der Waals surface area contributed by atoms with Crippen molar-refractivity contribution in [3.63, 3.8) is 0 Å². The van der Waals surface area contributed by atoms with E-state index in [2.05, 4.69) is 10.6 Å². The zero-order valence-corrected chi connectivity index (χ0v) is 12.5. The fraction of sp³-hybridized carbons (Fsp3) is 0.267. The van der Waals surface area contributed by atoms with Crippen molar-refractivity contribution < 1.29 is 19.5 Å². The highest BCUT2D eigenvalue weighted by Gasteiger charge is 2.32. The van der Waals surface area contributed by atoms with Gasteiger partial charge in [0.1, 0.15) is 5.70 Å². The van der Waals surface area contributed by atoms with Crippen LogP contribution < -0.4 is 15.5 Å². The van der Waals surface area contributed by atoms with E-state index in [4.69, 9.17) is 5.11 Å². The third-order valence-corrected chi connectivity index (χ3v) is 3.79. The SMILES string of the molecule is CN1C(=O)NCc2cccc(NC3=CC(=O)N(CCO)C3=O)c21. The van der Waals surface area contributed by atoms with Crippen molar-refractivity contribution in [2.45, 2.75) is 6.54 Å². The fourth-order valence-electron chi connectivity index (χ4n) is 2.68. The molecule has 0 spiro atoms. The molecule has 0 aromatic heterocycles. The molecule has 2 aliphatic heterocycles. The highest BCUT2D eigenvalue weighted by Crippen LogP contribution is 2.33. The summed E-state index contributed by atoms with van der Waals surface area (Å²) in [7, 11) is 1.63. The van der Waals surface area contributed by atoms with Gasteiger partial charge in [0.05, 0.1) is 24.5 Å². The first kappa shape index (κ1) is 15.0. The van der Waals surface area contributed by atoms with Crippen LogP contribution in [0.25, 0.3) is 0 Å². The minimum absolute atomic E-state index is 0.0471. The van der Waals surface area contributed by atoms with Gasteiger partial charge in [0, 0.05) is 19.7 Å². The van der Waals surface area contributed by atoms with E-state index < -0.39 is 11.8 Å². The first-order valence-corrected chi connectivity index (χ1v) is 7.11. The number of nitrogens with zero attached hydrogens (tertiary/aromatic N) is 2. The molecule has 0 fully saturated rings. The van der Waals surface area contributed by atoms with E-state index in [1.54, 1.807) is 19.2 Å². The average Bonchev–Trinajstić information content (AvgIpc) is 2.79. The summed E-state index contributed by atoms with van der Waals surface area (Å²) in [5.41, 5.74) is 2.26. The number of fused-ring (bicyclic) bond motifs is 1. The second-order valence-electron chi connectivity index (χ2n) is 5.23. The monoisotopic (exact) mass is 316 g/mol. The summed E-state index contributed by atoms with van der Waals surface area (Å²) in [4.78, 5) is 38.2. The summed E-state index contributed by atoms with van der Waals surface area (Å²) in [6.07, 6.45) is 1.19. The molecule has 0 saturated heterocycles. The normalized spacial score (nSPS) is 17.1. The van der Waals surface area contributed by atoms with Gasteiger partial charge in [-0.15, -0.1) is 0 Å². The van der Waals surface area contributed by atoms with Crippen LogP contribution in [0.15, 0.2) is 30.0 Å². The number of carbonyl (C=O) groups is 3. The lowest BCUT2D eigenvalue weighted by atomic mass is 10.1. The van der Waals surface area contributed by atoms with Gasteiger partial charge in [-0.1, -0.05) is 12.1 Å². The van der Waals surface area contributed by atoms with Gasteiger partial charge in [0.15, 0.2) is 0 Å². The third-order valence-electron chi connectivity index (χ3n) is 3.79. The van der Waals surface area contributed by atoms with Crippen LogP contribution in [-0.2, 0) is 16.1 Å². The van der Waals surface area contributed by atoms with Gasteiger partial charge in [-0.05, 0) is 11.6 Å². The van der Waals surface area contributed by atoms with Gasteiger partial charge in [0.2, 0.25) is 0 Å². The van der Waals surface area contributed by atoms with Crippen LogP contribution in [0.5, 0.6) is 0 Å². The molecule has 4 amide bonds. The Bertz CT molecular complexity index is 728. The van der Waals surface area contributed by atoms with Gasteiger partial charge >= 0.3 is 6.03 Å². The molecule has 1 aromatic carbocycles. The molecular formula is C15H16N4O4. The summed E-state index contributed by atoms with van der Waals surface area (Å²) in [6, 6.07) is 5.18. The molecule has 3 rings (SSSR count). The maximum Gasteiger partial charge on any atom is 0.321 e. The van der Waals surface area contributed by atoms with E-state index >= 15 is 0 Å². The first-order valence-electron chi connectivity index (χ1n) is 7.11. The number of β-amino-alcohol motifs (C(OH)–C–C–N with tert-alkyl or cyclic N) is 1. The van der Waals surface area contributed by atoms with Crippen LogP contribution in [-0.4, -0.2) is 48.1 Å². The van der Waals surface area contributed by atoms with Gasteiger partial charge in [0.25, 0.3) is 11.8 Å². The smallest absolute Gasteiger partial charge is 0.321 e. The molecule has 8 nitrogen and oxygen atoms in total. The minimum Gasteiger partial charge on any atom is -0.395 e. The first-order chi connectivity index (χ1) is 11.0. The summed E-state index contributed by atoms with van der Waals surface area (Å²) in [5, 5.41) is 14.6. The van der Waals surface area contributed by atoms with Crippen LogP contribution in [0.4, 0.5) is 16.2 Å². The Labute approximate surface area is 132 Å². The van der Waals surface area contributed by atoms with Crippen LogP contribution in [0.1, 0.15) is 5.56 Å².